The number of carbonyl (C=O) groups excluding carboxylic acids is 1. The van der Waals surface area contributed by atoms with Crippen molar-refractivity contribution in [3.63, 3.8) is 0 Å². The molecule has 2 saturated carbocycles. The van der Waals surface area contributed by atoms with Gasteiger partial charge in [-0.3, -0.25) is 13.9 Å². The number of nitrogen functional groups attached to an aromatic ring is 1. The van der Waals surface area contributed by atoms with Crippen molar-refractivity contribution in [1.29, 1.82) is 0 Å². The Kier molecular flexibility index (Phi) is 9.19. The highest BCUT2D eigenvalue weighted by molar-refractivity contribution is 7.59. The van der Waals surface area contributed by atoms with Crippen molar-refractivity contribution < 1.29 is 62.1 Å². The molecular formula is C23H30N7O12P2-. The summed E-state index contributed by atoms with van der Waals surface area (Å²) in [6, 6.07) is 1.38. The fourth-order valence-corrected chi connectivity index (χ4v) is 7.71. The molecule has 2 aliphatic carbocycles. The van der Waals surface area contributed by atoms with Crippen LogP contribution in [0.2, 0.25) is 0 Å². The molecule has 10 atom stereocenters. The lowest BCUT2D eigenvalue weighted by Gasteiger charge is -2.32. The van der Waals surface area contributed by atoms with Crippen molar-refractivity contribution >= 4 is 38.5 Å². The fourth-order valence-electron chi connectivity index (χ4n) is 5.60. The number of aliphatic hydroxyl groups is 4. The second-order valence-corrected chi connectivity index (χ2v) is 13.6. The van der Waals surface area contributed by atoms with Crippen molar-refractivity contribution in [3.8, 4) is 0 Å². The van der Waals surface area contributed by atoms with E-state index in [0.29, 0.717) is 0 Å². The van der Waals surface area contributed by atoms with Crippen molar-refractivity contribution in [2.24, 2.45) is 17.6 Å². The number of rotatable bonds is 11. The Bertz CT molecular complexity index is 1630. The maximum absolute atomic E-state index is 12.4. The Hall–Kier alpha value is -2.93. The summed E-state index contributed by atoms with van der Waals surface area (Å²) in [6.07, 6.45) is -0.273. The van der Waals surface area contributed by atoms with Crippen molar-refractivity contribution in [1.82, 2.24) is 19.5 Å². The number of phosphoric ester groups is 2. The molecule has 0 radical (unpaired) electrons. The van der Waals surface area contributed by atoms with Gasteiger partial charge in [-0.1, -0.05) is 0 Å². The number of aromatic nitrogens is 5. The number of phosphoric acid groups is 2. The molecule has 3 aromatic rings. The second kappa shape index (κ2) is 12.5. The highest BCUT2D eigenvalue weighted by Crippen LogP contribution is 2.56. The van der Waals surface area contributed by atoms with E-state index in [1.807, 2.05) is 0 Å². The summed E-state index contributed by atoms with van der Waals surface area (Å²) < 4.78 is 41.2. The number of nitrogens with zero attached hydrogens (tertiary/aromatic N) is 5. The van der Waals surface area contributed by atoms with Crippen molar-refractivity contribution in [2.45, 2.75) is 49.3 Å². The van der Waals surface area contributed by atoms with E-state index in [4.69, 9.17) is 16.0 Å². The van der Waals surface area contributed by atoms with Gasteiger partial charge in [0.15, 0.2) is 29.9 Å². The lowest BCUT2D eigenvalue weighted by atomic mass is 10.1. The van der Waals surface area contributed by atoms with Gasteiger partial charge in [0, 0.05) is 24.3 Å². The molecule has 0 bridgehead atoms. The minimum absolute atomic E-state index is 0.00532. The van der Waals surface area contributed by atoms with E-state index in [1.54, 1.807) is 0 Å². The molecule has 8 N–H and O–H groups in total. The molecule has 240 valence electrons. The maximum atomic E-state index is 12.4. The number of imidazole rings is 1. The van der Waals surface area contributed by atoms with E-state index < -0.39 is 83.1 Å². The molecule has 0 aromatic carbocycles. The predicted molar refractivity (Wildman–Crippen MR) is 141 cm³/mol. The van der Waals surface area contributed by atoms with E-state index in [-0.39, 0.29) is 35.4 Å². The average molecular weight is 658 g/mol. The minimum Gasteiger partial charge on any atom is -0.756 e. The van der Waals surface area contributed by atoms with E-state index in [2.05, 4.69) is 23.8 Å². The largest absolute Gasteiger partial charge is 0.756 e. The molecule has 3 heterocycles. The molecule has 10 unspecified atom stereocenters. The Labute approximate surface area is 248 Å². The SMILES string of the molecule is NC(=O)c1ccc[n+](C2CC(COP(=O)([O-])OP(=O)([O-])OCC3CC(n4cnc5c(N)ncnc54)C(O)C3O)C(O)C2O)c1. The van der Waals surface area contributed by atoms with Gasteiger partial charge in [0.2, 0.25) is 0 Å². The number of nitrogens with two attached hydrogens (primary N) is 2. The molecule has 3 aromatic heterocycles. The third-order valence-corrected chi connectivity index (χ3v) is 10.4. The van der Waals surface area contributed by atoms with Crippen molar-refractivity contribution in [3.05, 3.63) is 42.7 Å². The van der Waals surface area contributed by atoms with Crippen LogP contribution in [0, 0.1) is 11.8 Å². The zero-order chi connectivity index (χ0) is 32.0. The molecule has 2 fully saturated rings. The maximum Gasteiger partial charge on any atom is 0.274 e. The monoisotopic (exact) mass is 658 g/mol. The summed E-state index contributed by atoms with van der Waals surface area (Å²) in [5.74, 6) is -2.55. The Balaban J connectivity index is 1.16. The fraction of sp³-hybridized carbons (Fsp3) is 0.522. The third kappa shape index (κ3) is 6.68. The first-order chi connectivity index (χ1) is 20.7. The first-order valence-corrected chi connectivity index (χ1v) is 16.2. The van der Waals surface area contributed by atoms with Crippen LogP contribution in [0.15, 0.2) is 37.2 Å². The topological polar surface area (TPSA) is 305 Å². The lowest BCUT2D eigenvalue weighted by Crippen LogP contribution is -2.45. The summed E-state index contributed by atoms with van der Waals surface area (Å²) in [5.41, 5.74) is 11.7. The van der Waals surface area contributed by atoms with Gasteiger partial charge in [0.05, 0.1) is 37.8 Å². The first kappa shape index (κ1) is 32.5. The van der Waals surface area contributed by atoms with Crippen molar-refractivity contribution in [2.75, 3.05) is 18.9 Å². The molecule has 19 nitrogen and oxygen atoms in total. The average Bonchev–Trinajstić information content (AvgIpc) is 3.61. The number of primary amides is 1. The molecule has 0 spiro atoms. The number of amides is 1. The molecule has 1 amide bonds. The molecule has 21 heteroatoms. The quantitative estimate of drug-likeness (QED) is 0.0886. The zero-order valence-corrected chi connectivity index (χ0v) is 24.5. The van der Waals surface area contributed by atoms with Gasteiger partial charge in [0.25, 0.3) is 21.6 Å². The van der Waals surface area contributed by atoms with Crippen LogP contribution in [0.25, 0.3) is 11.2 Å². The van der Waals surface area contributed by atoms with Gasteiger partial charge in [-0.05, 0) is 12.5 Å². The number of anilines is 1. The summed E-state index contributed by atoms with van der Waals surface area (Å²) in [7, 11) is -11.1. The predicted octanol–water partition coefficient (Wildman–Crippen LogP) is -2.95. The number of pyridine rings is 1. The van der Waals surface area contributed by atoms with Gasteiger partial charge in [-0.2, -0.15) is 4.57 Å². The molecule has 2 aliphatic rings. The number of carbonyl (C=O) groups is 1. The van der Waals surface area contributed by atoms with Crippen LogP contribution in [-0.2, 0) is 22.5 Å². The summed E-state index contributed by atoms with van der Waals surface area (Å²) in [5, 5.41) is 42.1. The first-order valence-electron chi connectivity index (χ1n) is 13.3. The summed E-state index contributed by atoms with van der Waals surface area (Å²) in [4.78, 5) is 48.2. The number of aliphatic hydroxyl groups excluding tert-OH is 4. The van der Waals surface area contributed by atoms with Crippen LogP contribution in [-0.4, -0.2) is 83.5 Å². The molecular weight excluding hydrogens is 628 g/mol. The second-order valence-electron chi connectivity index (χ2n) is 10.6. The van der Waals surface area contributed by atoms with E-state index in [1.165, 1.54) is 46.3 Å². The van der Waals surface area contributed by atoms with Crippen LogP contribution in [0.1, 0.15) is 35.3 Å². The Morgan fingerprint density at radius 2 is 1.64 bits per heavy atom. The van der Waals surface area contributed by atoms with Gasteiger partial charge in [0.1, 0.15) is 29.6 Å². The normalized spacial score (nSPS) is 31.6. The number of hydrogen-bond acceptors (Lipinski definition) is 16. The third-order valence-electron chi connectivity index (χ3n) is 7.87. The van der Waals surface area contributed by atoms with Gasteiger partial charge in [-0.25, -0.2) is 19.3 Å². The smallest absolute Gasteiger partial charge is 0.274 e. The summed E-state index contributed by atoms with van der Waals surface area (Å²) >= 11 is 0. The lowest BCUT2D eigenvalue weighted by molar-refractivity contribution is -0.728. The van der Waals surface area contributed by atoms with E-state index in [9.17, 15) is 44.1 Å². The zero-order valence-electron chi connectivity index (χ0n) is 22.8. The van der Waals surface area contributed by atoms with Gasteiger partial charge >= 0.3 is 0 Å². The number of fused-ring (bicyclic) bond motifs is 1. The van der Waals surface area contributed by atoms with Gasteiger partial charge < -0.3 is 55.3 Å². The van der Waals surface area contributed by atoms with Crippen LogP contribution in [0.4, 0.5) is 5.82 Å². The Morgan fingerprint density at radius 1 is 1.00 bits per heavy atom. The molecule has 0 aliphatic heterocycles. The van der Waals surface area contributed by atoms with E-state index >= 15 is 0 Å². The number of hydrogen-bond donors (Lipinski definition) is 6. The van der Waals surface area contributed by atoms with Crippen LogP contribution >= 0.6 is 15.6 Å². The van der Waals surface area contributed by atoms with Crippen LogP contribution in [0.5, 0.6) is 0 Å². The molecule has 5 rings (SSSR count). The summed E-state index contributed by atoms with van der Waals surface area (Å²) in [6.45, 7) is -1.48. The van der Waals surface area contributed by atoms with Gasteiger partial charge in [-0.15, -0.1) is 0 Å². The Morgan fingerprint density at radius 3 is 2.30 bits per heavy atom. The highest BCUT2D eigenvalue weighted by atomic mass is 31.3. The van der Waals surface area contributed by atoms with Crippen LogP contribution < -0.4 is 25.8 Å². The van der Waals surface area contributed by atoms with Crippen LogP contribution in [0.3, 0.4) is 0 Å². The minimum atomic E-state index is -5.56. The molecule has 44 heavy (non-hydrogen) atoms. The van der Waals surface area contributed by atoms with E-state index in [0.717, 1.165) is 0 Å². The highest BCUT2D eigenvalue weighted by Gasteiger charge is 2.47. The molecule has 0 saturated heterocycles. The standard InChI is InChI=1S/C23H31N7O12P2/c24-21-16-23(27-9-26-21)30(10-28-16)15-5-13(18(32)20(15)34)8-41-44(38,39)42-43(36,37)40-7-12-4-14(19(33)17(12)31)29-3-1-2-11(6-29)22(25)35/h1-3,6,9-10,12-15,17-20,31-34H,4-5,7-8H2,(H5-,24,25,26,27,35,36,37,38,39)/p-1.